The van der Waals surface area contributed by atoms with Crippen LogP contribution in [0.5, 0.6) is 0 Å². The molecule has 2 aromatic rings. The number of rotatable bonds is 5. The number of anilines is 1. The first-order valence-electron chi connectivity index (χ1n) is 5.37. The van der Waals surface area contributed by atoms with Gasteiger partial charge in [0.05, 0.1) is 5.75 Å². The van der Waals surface area contributed by atoms with Crippen LogP contribution in [0.4, 0.5) is 5.95 Å². The van der Waals surface area contributed by atoms with Crippen molar-refractivity contribution in [3.8, 4) is 0 Å². The minimum Gasteiger partial charge on any atom is -0.330 e. The number of nitrogens with one attached hydrogen (secondary N) is 2. The van der Waals surface area contributed by atoms with Gasteiger partial charge in [0.15, 0.2) is 0 Å². The summed E-state index contributed by atoms with van der Waals surface area (Å²) in [5, 5.41) is 0. The second kappa shape index (κ2) is 5.19. The van der Waals surface area contributed by atoms with E-state index in [1.807, 2.05) is 12.1 Å². The van der Waals surface area contributed by atoms with Gasteiger partial charge in [0.25, 0.3) is 0 Å². The molecule has 0 saturated carbocycles. The third-order valence-corrected chi connectivity index (χ3v) is 3.63. The molecule has 0 atom stereocenters. The molecule has 0 spiro atoms. The minimum atomic E-state index is -3.49. The number of hydrogen-bond donors (Lipinski definition) is 3. The average Bonchev–Trinajstić information content (AvgIpc) is 2.81. The molecule has 0 fully saturated rings. The molecule has 7 heteroatoms. The molecule has 6 nitrogen and oxygen atoms in total. The van der Waals surface area contributed by atoms with Gasteiger partial charge in [-0.25, -0.2) is 13.4 Å². The molecule has 0 amide bonds. The van der Waals surface area contributed by atoms with Crippen molar-refractivity contribution in [1.29, 1.82) is 0 Å². The van der Waals surface area contributed by atoms with Crippen LogP contribution in [0, 0.1) is 0 Å². The number of benzene rings is 1. The zero-order valence-corrected chi connectivity index (χ0v) is 10.4. The molecule has 0 radical (unpaired) electrons. The van der Waals surface area contributed by atoms with Crippen molar-refractivity contribution in [2.75, 3.05) is 4.72 Å². The van der Waals surface area contributed by atoms with Gasteiger partial charge in [-0.3, -0.25) is 4.72 Å². The lowest BCUT2D eigenvalue weighted by Gasteiger charge is -2.09. The van der Waals surface area contributed by atoms with Crippen LogP contribution in [-0.4, -0.2) is 18.4 Å². The number of aromatic amines is 1. The van der Waals surface area contributed by atoms with Crippen molar-refractivity contribution < 1.29 is 8.42 Å². The van der Waals surface area contributed by atoms with Crippen LogP contribution in [-0.2, 0) is 22.3 Å². The molecular formula is C11H14N4O2S. The van der Waals surface area contributed by atoms with Crippen LogP contribution in [0.1, 0.15) is 11.1 Å². The van der Waals surface area contributed by atoms with Gasteiger partial charge in [-0.15, -0.1) is 0 Å². The fraction of sp³-hybridized carbons (Fsp3) is 0.182. The quantitative estimate of drug-likeness (QED) is 0.745. The summed E-state index contributed by atoms with van der Waals surface area (Å²) in [4.78, 5) is 6.50. The lowest BCUT2D eigenvalue weighted by Crippen LogP contribution is -2.17. The van der Waals surface area contributed by atoms with E-state index < -0.39 is 10.0 Å². The summed E-state index contributed by atoms with van der Waals surface area (Å²) >= 11 is 0. The smallest absolute Gasteiger partial charge is 0.239 e. The highest BCUT2D eigenvalue weighted by atomic mass is 32.2. The average molecular weight is 266 g/mol. The molecular weight excluding hydrogens is 252 g/mol. The summed E-state index contributed by atoms with van der Waals surface area (Å²) in [5.41, 5.74) is 7.09. The number of sulfonamides is 1. The topological polar surface area (TPSA) is 101 Å². The van der Waals surface area contributed by atoms with Gasteiger partial charge >= 0.3 is 0 Å². The molecule has 0 aliphatic rings. The van der Waals surface area contributed by atoms with Crippen LogP contribution < -0.4 is 10.5 Å². The normalized spacial score (nSPS) is 11.4. The van der Waals surface area contributed by atoms with Gasteiger partial charge in [0, 0.05) is 18.9 Å². The molecule has 1 aromatic carbocycles. The predicted molar refractivity (Wildman–Crippen MR) is 69.2 cm³/mol. The lowest BCUT2D eigenvalue weighted by molar-refractivity contribution is 0.600. The summed E-state index contributed by atoms with van der Waals surface area (Å²) in [6.45, 7) is 0.312. The van der Waals surface area contributed by atoms with Crippen LogP contribution in [0.15, 0.2) is 36.7 Å². The van der Waals surface area contributed by atoms with E-state index in [0.717, 1.165) is 5.56 Å². The van der Waals surface area contributed by atoms with Crippen molar-refractivity contribution in [3.63, 3.8) is 0 Å². The number of aromatic nitrogens is 2. The van der Waals surface area contributed by atoms with Crippen LogP contribution >= 0.6 is 0 Å². The predicted octanol–water partition coefficient (Wildman–Crippen LogP) is 0.810. The Morgan fingerprint density at radius 1 is 1.28 bits per heavy atom. The van der Waals surface area contributed by atoms with Gasteiger partial charge in [0.2, 0.25) is 16.0 Å². The Hall–Kier alpha value is -1.86. The van der Waals surface area contributed by atoms with E-state index in [1.165, 1.54) is 6.20 Å². The van der Waals surface area contributed by atoms with Gasteiger partial charge in [-0.05, 0) is 11.1 Å². The van der Waals surface area contributed by atoms with Crippen LogP contribution in [0.3, 0.4) is 0 Å². The van der Waals surface area contributed by atoms with Gasteiger partial charge < -0.3 is 10.7 Å². The Labute approximate surface area is 105 Å². The summed E-state index contributed by atoms with van der Waals surface area (Å²) in [7, 11) is -3.49. The Bertz CT molecular complexity index is 608. The first-order chi connectivity index (χ1) is 8.61. The highest BCUT2D eigenvalue weighted by Crippen LogP contribution is 2.13. The molecule has 4 N–H and O–H groups in total. The maximum absolute atomic E-state index is 11.9. The second-order valence-electron chi connectivity index (χ2n) is 3.77. The summed E-state index contributed by atoms with van der Waals surface area (Å²) in [5.74, 6) is 0.0846. The Kier molecular flexibility index (Phi) is 3.63. The van der Waals surface area contributed by atoms with Gasteiger partial charge in [-0.2, -0.15) is 0 Å². The number of imidazole rings is 1. The van der Waals surface area contributed by atoms with Crippen molar-refractivity contribution in [1.82, 2.24) is 9.97 Å². The first kappa shape index (κ1) is 12.6. The maximum Gasteiger partial charge on any atom is 0.239 e. The van der Waals surface area contributed by atoms with E-state index in [0.29, 0.717) is 12.1 Å². The number of H-pyrrole nitrogens is 1. The van der Waals surface area contributed by atoms with Gasteiger partial charge in [0.1, 0.15) is 0 Å². The standard InChI is InChI=1S/C11H14N4O2S/c12-7-9-3-1-2-4-10(9)8-18(16,17)15-11-13-5-6-14-11/h1-6H,7-8,12H2,(H2,13,14,15). The third-order valence-electron chi connectivity index (χ3n) is 2.43. The van der Waals surface area contributed by atoms with Crippen molar-refractivity contribution in [2.24, 2.45) is 5.73 Å². The zero-order valence-electron chi connectivity index (χ0n) is 9.63. The molecule has 0 aliphatic heterocycles. The molecule has 1 heterocycles. The van der Waals surface area contributed by atoms with E-state index in [2.05, 4.69) is 14.7 Å². The monoisotopic (exact) mass is 266 g/mol. The van der Waals surface area contributed by atoms with Crippen molar-refractivity contribution in [2.45, 2.75) is 12.3 Å². The van der Waals surface area contributed by atoms with E-state index >= 15 is 0 Å². The minimum absolute atomic E-state index is 0.124. The Morgan fingerprint density at radius 3 is 2.61 bits per heavy atom. The van der Waals surface area contributed by atoms with E-state index in [9.17, 15) is 8.42 Å². The SMILES string of the molecule is NCc1ccccc1CS(=O)(=O)Nc1ncc[nH]1. The number of nitrogens with zero attached hydrogens (tertiary/aromatic N) is 1. The zero-order chi connectivity index (χ0) is 13.0. The summed E-state index contributed by atoms with van der Waals surface area (Å²) in [6, 6.07) is 7.19. The Balaban J connectivity index is 2.17. The van der Waals surface area contributed by atoms with Gasteiger partial charge in [-0.1, -0.05) is 24.3 Å². The molecule has 0 unspecified atom stereocenters. The highest BCUT2D eigenvalue weighted by Gasteiger charge is 2.14. The van der Waals surface area contributed by atoms with E-state index in [-0.39, 0.29) is 11.7 Å². The Morgan fingerprint density at radius 2 is 2.00 bits per heavy atom. The van der Waals surface area contributed by atoms with Crippen molar-refractivity contribution in [3.05, 3.63) is 47.8 Å². The summed E-state index contributed by atoms with van der Waals surface area (Å²) in [6.07, 6.45) is 3.03. The first-order valence-corrected chi connectivity index (χ1v) is 7.02. The molecule has 18 heavy (non-hydrogen) atoms. The molecule has 0 bridgehead atoms. The molecule has 0 saturated heterocycles. The third kappa shape index (κ3) is 3.08. The van der Waals surface area contributed by atoms with Crippen LogP contribution in [0.2, 0.25) is 0 Å². The second-order valence-corrected chi connectivity index (χ2v) is 5.49. The summed E-state index contributed by atoms with van der Waals surface area (Å²) < 4.78 is 26.2. The molecule has 2 rings (SSSR count). The molecule has 0 aliphatic carbocycles. The van der Waals surface area contributed by atoms with E-state index in [4.69, 9.17) is 5.73 Å². The fourth-order valence-corrected chi connectivity index (χ4v) is 2.78. The fourth-order valence-electron chi connectivity index (χ4n) is 1.61. The largest absolute Gasteiger partial charge is 0.330 e. The molecule has 1 aromatic heterocycles. The maximum atomic E-state index is 11.9. The molecule has 96 valence electrons. The highest BCUT2D eigenvalue weighted by molar-refractivity contribution is 7.91. The van der Waals surface area contributed by atoms with Crippen LogP contribution in [0.25, 0.3) is 0 Å². The van der Waals surface area contributed by atoms with Crippen molar-refractivity contribution >= 4 is 16.0 Å². The lowest BCUT2D eigenvalue weighted by atomic mass is 10.1. The van der Waals surface area contributed by atoms with E-state index in [1.54, 1.807) is 18.3 Å². The number of nitrogens with two attached hydrogens (primary N) is 1. The number of hydrogen-bond acceptors (Lipinski definition) is 4.